The van der Waals surface area contributed by atoms with Crippen LogP contribution in [0.1, 0.15) is 19.4 Å². The van der Waals surface area contributed by atoms with E-state index in [0.717, 1.165) is 24.2 Å². The van der Waals surface area contributed by atoms with Crippen molar-refractivity contribution >= 4 is 11.1 Å². The standard InChI is InChI=1S/C13H19N3O/c1-13(2,14-3)8-15-7-10-4-5-11-12(6-10)17-9-16-11/h4-6,9,14-15H,7-8H2,1-3H3. The van der Waals surface area contributed by atoms with Crippen LogP contribution in [-0.4, -0.2) is 24.1 Å². The third-order valence-electron chi connectivity index (χ3n) is 2.97. The summed E-state index contributed by atoms with van der Waals surface area (Å²) in [6.45, 7) is 6.08. The van der Waals surface area contributed by atoms with Crippen molar-refractivity contribution in [1.29, 1.82) is 0 Å². The summed E-state index contributed by atoms with van der Waals surface area (Å²) in [6.07, 6.45) is 1.48. The zero-order chi connectivity index (χ0) is 12.3. The Kier molecular flexibility index (Phi) is 3.45. The minimum atomic E-state index is 0.107. The largest absolute Gasteiger partial charge is 0.443 e. The third kappa shape index (κ3) is 3.05. The van der Waals surface area contributed by atoms with Gasteiger partial charge in [0.15, 0.2) is 12.0 Å². The van der Waals surface area contributed by atoms with Gasteiger partial charge in [-0.25, -0.2) is 4.98 Å². The van der Waals surface area contributed by atoms with E-state index in [1.165, 1.54) is 12.0 Å². The molecule has 0 unspecified atom stereocenters. The van der Waals surface area contributed by atoms with Gasteiger partial charge in [0.1, 0.15) is 5.52 Å². The van der Waals surface area contributed by atoms with Crippen molar-refractivity contribution in [3.63, 3.8) is 0 Å². The molecular formula is C13H19N3O. The number of aromatic nitrogens is 1. The van der Waals surface area contributed by atoms with Gasteiger partial charge < -0.3 is 15.1 Å². The molecule has 2 N–H and O–H groups in total. The number of nitrogens with one attached hydrogen (secondary N) is 2. The fourth-order valence-electron chi connectivity index (χ4n) is 1.62. The topological polar surface area (TPSA) is 50.1 Å². The lowest BCUT2D eigenvalue weighted by molar-refractivity contribution is 0.393. The molecule has 0 spiro atoms. The summed E-state index contributed by atoms with van der Waals surface area (Å²) in [7, 11) is 1.97. The summed E-state index contributed by atoms with van der Waals surface area (Å²) in [5.74, 6) is 0. The van der Waals surface area contributed by atoms with Gasteiger partial charge in [-0.15, -0.1) is 0 Å². The van der Waals surface area contributed by atoms with Gasteiger partial charge in [-0.1, -0.05) is 6.07 Å². The highest BCUT2D eigenvalue weighted by Gasteiger charge is 2.13. The van der Waals surface area contributed by atoms with Crippen molar-refractivity contribution in [3.05, 3.63) is 30.2 Å². The summed E-state index contributed by atoms with van der Waals surface area (Å²) >= 11 is 0. The molecular weight excluding hydrogens is 214 g/mol. The Bertz CT molecular complexity index is 490. The minimum absolute atomic E-state index is 0.107. The highest BCUT2D eigenvalue weighted by Crippen LogP contribution is 2.14. The summed E-state index contributed by atoms with van der Waals surface area (Å²) < 4.78 is 5.28. The fourth-order valence-corrected chi connectivity index (χ4v) is 1.62. The number of likely N-dealkylation sites (N-methyl/N-ethyl adjacent to an activating group) is 1. The van der Waals surface area contributed by atoms with E-state index < -0.39 is 0 Å². The molecule has 0 amide bonds. The number of benzene rings is 1. The predicted molar refractivity (Wildman–Crippen MR) is 68.9 cm³/mol. The zero-order valence-electron chi connectivity index (χ0n) is 10.6. The first-order valence-electron chi connectivity index (χ1n) is 5.82. The van der Waals surface area contributed by atoms with E-state index in [-0.39, 0.29) is 5.54 Å². The molecule has 2 rings (SSSR count). The van der Waals surface area contributed by atoms with Crippen molar-refractivity contribution in [2.45, 2.75) is 25.9 Å². The monoisotopic (exact) mass is 233 g/mol. The molecule has 4 heteroatoms. The van der Waals surface area contributed by atoms with E-state index in [9.17, 15) is 0 Å². The lowest BCUT2D eigenvalue weighted by Gasteiger charge is -2.24. The first-order chi connectivity index (χ1) is 8.11. The smallest absolute Gasteiger partial charge is 0.181 e. The van der Waals surface area contributed by atoms with Gasteiger partial charge in [0.25, 0.3) is 0 Å². The van der Waals surface area contributed by atoms with Crippen LogP contribution in [0.3, 0.4) is 0 Å². The Labute approximate surface area is 101 Å². The highest BCUT2D eigenvalue weighted by atomic mass is 16.3. The number of fused-ring (bicyclic) bond motifs is 1. The number of oxazole rings is 1. The number of nitrogens with zero attached hydrogens (tertiary/aromatic N) is 1. The Hall–Kier alpha value is -1.39. The molecule has 1 aromatic heterocycles. The molecule has 1 heterocycles. The average molecular weight is 233 g/mol. The van der Waals surface area contributed by atoms with Crippen LogP contribution in [0.2, 0.25) is 0 Å². The Balaban J connectivity index is 1.95. The van der Waals surface area contributed by atoms with Crippen LogP contribution >= 0.6 is 0 Å². The Morgan fingerprint density at radius 3 is 2.94 bits per heavy atom. The van der Waals surface area contributed by atoms with Crippen molar-refractivity contribution < 1.29 is 4.42 Å². The Morgan fingerprint density at radius 2 is 2.18 bits per heavy atom. The van der Waals surface area contributed by atoms with Crippen molar-refractivity contribution in [3.8, 4) is 0 Å². The van der Waals surface area contributed by atoms with Crippen LogP contribution in [0, 0.1) is 0 Å². The molecule has 1 aromatic carbocycles. The maximum Gasteiger partial charge on any atom is 0.181 e. The van der Waals surface area contributed by atoms with Gasteiger partial charge in [0.05, 0.1) is 0 Å². The number of hydrogen-bond acceptors (Lipinski definition) is 4. The molecule has 0 bridgehead atoms. The molecule has 0 aliphatic rings. The molecule has 4 nitrogen and oxygen atoms in total. The molecule has 2 aromatic rings. The number of hydrogen-bond donors (Lipinski definition) is 2. The molecule has 0 saturated heterocycles. The quantitative estimate of drug-likeness (QED) is 0.828. The second-order valence-corrected chi connectivity index (χ2v) is 4.89. The fraction of sp³-hybridized carbons (Fsp3) is 0.462. The van der Waals surface area contributed by atoms with Crippen LogP contribution in [0.25, 0.3) is 11.1 Å². The maximum absolute atomic E-state index is 5.28. The van der Waals surface area contributed by atoms with Crippen molar-refractivity contribution in [2.75, 3.05) is 13.6 Å². The second kappa shape index (κ2) is 4.85. The zero-order valence-corrected chi connectivity index (χ0v) is 10.6. The van der Waals surface area contributed by atoms with Crippen molar-refractivity contribution in [1.82, 2.24) is 15.6 Å². The maximum atomic E-state index is 5.28. The van der Waals surface area contributed by atoms with Crippen LogP contribution in [0.5, 0.6) is 0 Å². The molecule has 17 heavy (non-hydrogen) atoms. The highest BCUT2D eigenvalue weighted by molar-refractivity contribution is 5.72. The molecule has 92 valence electrons. The Morgan fingerprint density at radius 1 is 1.35 bits per heavy atom. The predicted octanol–water partition coefficient (Wildman–Crippen LogP) is 1.92. The van der Waals surface area contributed by atoms with E-state index in [0.29, 0.717) is 0 Å². The molecule has 0 fully saturated rings. The molecule has 0 atom stereocenters. The first-order valence-corrected chi connectivity index (χ1v) is 5.82. The van der Waals surface area contributed by atoms with Gasteiger partial charge in [-0.2, -0.15) is 0 Å². The lowest BCUT2D eigenvalue weighted by Crippen LogP contribution is -2.45. The van der Waals surface area contributed by atoms with Gasteiger partial charge in [-0.05, 0) is 38.6 Å². The third-order valence-corrected chi connectivity index (χ3v) is 2.97. The van der Waals surface area contributed by atoms with Crippen LogP contribution < -0.4 is 10.6 Å². The van der Waals surface area contributed by atoms with Crippen LogP contribution in [-0.2, 0) is 6.54 Å². The molecule has 0 saturated carbocycles. The van der Waals surface area contributed by atoms with Crippen molar-refractivity contribution in [2.24, 2.45) is 0 Å². The van der Waals surface area contributed by atoms with E-state index in [1.54, 1.807) is 0 Å². The van der Waals surface area contributed by atoms with E-state index in [2.05, 4.69) is 35.5 Å². The van der Waals surface area contributed by atoms with Gasteiger partial charge >= 0.3 is 0 Å². The summed E-state index contributed by atoms with van der Waals surface area (Å²) in [6, 6.07) is 6.09. The SMILES string of the molecule is CNC(C)(C)CNCc1ccc2ncoc2c1. The van der Waals surface area contributed by atoms with E-state index >= 15 is 0 Å². The van der Waals surface area contributed by atoms with Gasteiger partial charge in [0, 0.05) is 18.6 Å². The second-order valence-electron chi connectivity index (χ2n) is 4.89. The lowest BCUT2D eigenvalue weighted by atomic mass is 10.1. The van der Waals surface area contributed by atoms with E-state index in [1.807, 2.05) is 19.2 Å². The van der Waals surface area contributed by atoms with E-state index in [4.69, 9.17) is 4.42 Å². The minimum Gasteiger partial charge on any atom is -0.443 e. The summed E-state index contributed by atoms with van der Waals surface area (Å²) in [5.41, 5.74) is 3.07. The molecule has 0 radical (unpaired) electrons. The first kappa shape index (κ1) is 12.1. The summed E-state index contributed by atoms with van der Waals surface area (Å²) in [4.78, 5) is 4.10. The average Bonchev–Trinajstić information content (AvgIpc) is 2.76. The van der Waals surface area contributed by atoms with Crippen LogP contribution in [0.15, 0.2) is 29.0 Å². The van der Waals surface area contributed by atoms with Crippen LogP contribution in [0.4, 0.5) is 0 Å². The molecule has 0 aliphatic carbocycles. The normalized spacial score (nSPS) is 12.2. The van der Waals surface area contributed by atoms with Gasteiger partial charge in [0.2, 0.25) is 0 Å². The molecule has 0 aliphatic heterocycles. The van der Waals surface area contributed by atoms with Gasteiger partial charge in [-0.3, -0.25) is 0 Å². The number of rotatable bonds is 5. The summed E-state index contributed by atoms with van der Waals surface area (Å²) in [5, 5.41) is 6.69.